The van der Waals surface area contributed by atoms with Gasteiger partial charge >= 0.3 is 5.97 Å². The normalized spacial score (nSPS) is 10.4. The molecule has 0 unspecified atom stereocenters. The fraction of sp³-hybridized carbons (Fsp3) is 0.250. The average Bonchev–Trinajstić information content (AvgIpc) is 2.94. The number of carboxylic acid groups (broad SMARTS) is 1. The summed E-state index contributed by atoms with van der Waals surface area (Å²) < 4.78 is 6.62. The molecule has 0 aliphatic carbocycles. The third kappa shape index (κ3) is 2.82. The van der Waals surface area contributed by atoms with Gasteiger partial charge in [-0.1, -0.05) is 0 Å². The van der Waals surface area contributed by atoms with Crippen molar-refractivity contribution in [2.45, 2.75) is 13.5 Å². The molecule has 7 nitrogen and oxygen atoms in total. The van der Waals surface area contributed by atoms with Gasteiger partial charge in [0.05, 0.1) is 6.54 Å². The quantitative estimate of drug-likeness (QED) is 0.855. The third-order valence-electron chi connectivity index (χ3n) is 2.64. The largest absolute Gasteiger partial charge is 0.475 e. The number of aromatic nitrogens is 2. The number of amides is 1. The van der Waals surface area contributed by atoms with Crippen LogP contribution in [-0.2, 0) is 13.6 Å². The second-order valence-electron chi connectivity index (χ2n) is 4.05. The summed E-state index contributed by atoms with van der Waals surface area (Å²) in [5.41, 5.74) is 1.18. The van der Waals surface area contributed by atoms with E-state index in [9.17, 15) is 9.59 Å². The lowest BCUT2D eigenvalue weighted by Crippen LogP contribution is -2.23. The Morgan fingerprint density at radius 1 is 1.47 bits per heavy atom. The molecule has 7 heteroatoms. The van der Waals surface area contributed by atoms with Gasteiger partial charge in [-0.25, -0.2) is 4.79 Å². The number of carboxylic acids is 1. The van der Waals surface area contributed by atoms with Gasteiger partial charge in [0, 0.05) is 12.7 Å². The van der Waals surface area contributed by atoms with E-state index in [2.05, 4.69) is 10.4 Å². The van der Waals surface area contributed by atoms with Gasteiger partial charge in [0.1, 0.15) is 11.5 Å². The maximum Gasteiger partial charge on any atom is 0.371 e. The SMILES string of the molecule is Cc1cc(C(=O)NCc2ccc(C(=O)O)o2)nn1C. The van der Waals surface area contributed by atoms with Crippen LogP contribution in [0.5, 0.6) is 0 Å². The second-order valence-corrected chi connectivity index (χ2v) is 4.05. The van der Waals surface area contributed by atoms with Crippen molar-refractivity contribution in [3.05, 3.63) is 41.1 Å². The maximum atomic E-state index is 11.8. The van der Waals surface area contributed by atoms with Crippen molar-refractivity contribution in [1.82, 2.24) is 15.1 Å². The van der Waals surface area contributed by atoms with Crippen LogP contribution < -0.4 is 5.32 Å². The minimum Gasteiger partial charge on any atom is -0.475 e. The Morgan fingerprint density at radius 3 is 2.74 bits per heavy atom. The predicted molar refractivity (Wildman–Crippen MR) is 64.8 cm³/mol. The summed E-state index contributed by atoms with van der Waals surface area (Å²) in [7, 11) is 1.75. The second kappa shape index (κ2) is 4.97. The van der Waals surface area contributed by atoms with Crippen LogP contribution in [0, 0.1) is 6.92 Å². The Kier molecular flexibility index (Phi) is 3.37. The molecular formula is C12H13N3O4. The molecular weight excluding hydrogens is 250 g/mol. The molecule has 1 amide bonds. The molecule has 0 radical (unpaired) electrons. The van der Waals surface area contributed by atoms with Crippen LogP contribution in [0.15, 0.2) is 22.6 Å². The minimum absolute atomic E-state index is 0.113. The smallest absolute Gasteiger partial charge is 0.371 e. The summed E-state index contributed by atoms with van der Waals surface area (Å²) in [5.74, 6) is -1.26. The van der Waals surface area contributed by atoms with Gasteiger partial charge in [-0.15, -0.1) is 0 Å². The lowest BCUT2D eigenvalue weighted by molar-refractivity contribution is 0.0660. The number of aryl methyl sites for hydroxylation is 2. The highest BCUT2D eigenvalue weighted by molar-refractivity contribution is 5.92. The van der Waals surface area contributed by atoms with E-state index in [4.69, 9.17) is 9.52 Å². The van der Waals surface area contributed by atoms with E-state index < -0.39 is 5.97 Å². The minimum atomic E-state index is -1.14. The third-order valence-corrected chi connectivity index (χ3v) is 2.64. The van der Waals surface area contributed by atoms with Crippen molar-refractivity contribution in [2.24, 2.45) is 7.05 Å². The van der Waals surface area contributed by atoms with Gasteiger partial charge in [0.15, 0.2) is 0 Å². The van der Waals surface area contributed by atoms with E-state index >= 15 is 0 Å². The van der Waals surface area contributed by atoms with Crippen molar-refractivity contribution >= 4 is 11.9 Å². The van der Waals surface area contributed by atoms with Crippen LogP contribution in [0.25, 0.3) is 0 Å². The van der Waals surface area contributed by atoms with Gasteiger partial charge in [-0.3, -0.25) is 9.48 Å². The van der Waals surface area contributed by atoms with Gasteiger partial charge in [0.2, 0.25) is 5.76 Å². The molecule has 0 spiro atoms. The van der Waals surface area contributed by atoms with E-state index in [0.29, 0.717) is 11.5 Å². The summed E-state index contributed by atoms with van der Waals surface area (Å²) in [6, 6.07) is 4.52. The number of hydrogen-bond acceptors (Lipinski definition) is 4. The summed E-state index contributed by atoms with van der Waals surface area (Å²) in [5, 5.41) is 15.3. The summed E-state index contributed by atoms with van der Waals surface area (Å²) >= 11 is 0. The number of carbonyl (C=O) groups is 2. The molecule has 0 saturated heterocycles. The van der Waals surface area contributed by atoms with E-state index in [-0.39, 0.29) is 18.2 Å². The van der Waals surface area contributed by atoms with E-state index in [1.165, 1.54) is 12.1 Å². The lowest BCUT2D eigenvalue weighted by atomic mass is 10.3. The molecule has 0 aliphatic rings. The molecule has 0 aliphatic heterocycles. The molecule has 2 N–H and O–H groups in total. The Balaban J connectivity index is 1.98. The first-order valence-electron chi connectivity index (χ1n) is 5.58. The predicted octanol–water partition coefficient (Wildman–Crippen LogP) is 0.950. The molecule has 2 rings (SSSR count). The average molecular weight is 263 g/mol. The molecule has 100 valence electrons. The molecule has 2 aromatic rings. The first-order chi connectivity index (χ1) is 8.97. The Hall–Kier alpha value is -2.57. The van der Waals surface area contributed by atoms with Crippen molar-refractivity contribution in [2.75, 3.05) is 0 Å². The zero-order chi connectivity index (χ0) is 14.0. The van der Waals surface area contributed by atoms with Crippen LogP contribution in [0.4, 0.5) is 0 Å². The number of carbonyl (C=O) groups excluding carboxylic acids is 1. The number of hydrogen-bond donors (Lipinski definition) is 2. The first-order valence-corrected chi connectivity index (χ1v) is 5.58. The molecule has 0 atom stereocenters. The Bertz CT molecular complexity index is 607. The van der Waals surface area contributed by atoms with Crippen LogP contribution in [0.2, 0.25) is 0 Å². The van der Waals surface area contributed by atoms with Crippen LogP contribution in [0.3, 0.4) is 0 Å². The molecule has 0 aromatic carbocycles. The highest BCUT2D eigenvalue weighted by Crippen LogP contribution is 2.08. The molecule has 0 bridgehead atoms. The highest BCUT2D eigenvalue weighted by Gasteiger charge is 2.13. The van der Waals surface area contributed by atoms with E-state index in [1.807, 2.05) is 6.92 Å². The zero-order valence-corrected chi connectivity index (χ0v) is 10.5. The van der Waals surface area contributed by atoms with Crippen LogP contribution in [-0.4, -0.2) is 26.8 Å². The number of rotatable bonds is 4. The monoisotopic (exact) mass is 263 g/mol. The number of furan rings is 1. The number of nitrogens with zero attached hydrogens (tertiary/aromatic N) is 2. The molecule has 0 fully saturated rings. The molecule has 19 heavy (non-hydrogen) atoms. The Labute approximate surface area is 108 Å². The maximum absolute atomic E-state index is 11.8. The summed E-state index contributed by atoms with van der Waals surface area (Å²) in [6.45, 7) is 1.96. The zero-order valence-electron chi connectivity index (χ0n) is 10.5. The van der Waals surface area contributed by atoms with Crippen LogP contribution in [0.1, 0.15) is 32.5 Å². The van der Waals surface area contributed by atoms with E-state index in [0.717, 1.165) is 5.69 Å². The highest BCUT2D eigenvalue weighted by atomic mass is 16.4. The fourth-order valence-corrected chi connectivity index (χ4v) is 1.52. The molecule has 0 saturated carbocycles. The van der Waals surface area contributed by atoms with Crippen molar-refractivity contribution in [3.63, 3.8) is 0 Å². The lowest BCUT2D eigenvalue weighted by Gasteiger charge is -1.99. The van der Waals surface area contributed by atoms with Gasteiger partial charge in [-0.05, 0) is 25.1 Å². The van der Waals surface area contributed by atoms with Crippen molar-refractivity contribution < 1.29 is 19.1 Å². The Morgan fingerprint density at radius 2 is 2.21 bits per heavy atom. The summed E-state index contributed by atoms with van der Waals surface area (Å²) in [4.78, 5) is 22.4. The molecule has 2 heterocycles. The van der Waals surface area contributed by atoms with Crippen molar-refractivity contribution in [1.29, 1.82) is 0 Å². The van der Waals surface area contributed by atoms with Crippen molar-refractivity contribution in [3.8, 4) is 0 Å². The number of aromatic carboxylic acids is 1. The fourth-order valence-electron chi connectivity index (χ4n) is 1.52. The summed E-state index contributed by atoms with van der Waals surface area (Å²) in [6.07, 6.45) is 0. The van der Waals surface area contributed by atoms with Gasteiger partial charge in [0.25, 0.3) is 5.91 Å². The molecule has 2 aromatic heterocycles. The van der Waals surface area contributed by atoms with Crippen LogP contribution >= 0.6 is 0 Å². The topological polar surface area (TPSA) is 97.4 Å². The van der Waals surface area contributed by atoms with Gasteiger partial charge in [-0.2, -0.15) is 5.10 Å². The van der Waals surface area contributed by atoms with E-state index in [1.54, 1.807) is 17.8 Å². The standard InChI is InChI=1S/C12H13N3O4/c1-7-5-9(14-15(7)2)11(16)13-6-8-3-4-10(19-8)12(17)18/h3-5H,6H2,1-2H3,(H,13,16)(H,17,18). The van der Waals surface area contributed by atoms with Gasteiger partial charge < -0.3 is 14.8 Å². The first kappa shape index (κ1) is 12.9. The number of nitrogens with one attached hydrogen (secondary N) is 1.